The molecule has 2 rings (SSSR count). The predicted octanol–water partition coefficient (Wildman–Crippen LogP) is 5.16. The molecule has 18 heavy (non-hydrogen) atoms. The molecule has 0 heterocycles. The number of halogens is 2. The van der Waals surface area contributed by atoms with Crippen LogP contribution in [0.25, 0.3) is 0 Å². The largest absolute Gasteiger partial charge is 0.269 e. The number of hydrogen-bond acceptors (Lipinski definition) is 3. The fraction of sp³-hybridized carbons (Fsp3) is 0. The number of nitro benzene ring substituents is 1. The van der Waals surface area contributed by atoms with Crippen LogP contribution in [-0.2, 0) is 0 Å². The van der Waals surface area contributed by atoms with Crippen molar-refractivity contribution < 1.29 is 4.92 Å². The van der Waals surface area contributed by atoms with Crippen molar-refractivity contribution in [1.82, 2.24) is 0 Å². The lowest BCUT2D eigenvalue weighted by atomic mass is 10.3. The molecule has 0 saturated heterocycles. The summed E-state index contributed by atoms with van der Waals surface area (Å²) in [6.07, 6.45) is 0. The molecule has 6 heteroatoms. The van der Waals surface area contributed by atoms with Crippen LogP contribution in [0.1, 0.15) is 0 Å². The molecular formula is C12H7BrClNO2S. The van der Waals surface area contributed by atoms with Gasteiger partial charge in [-0.3, -0.25) is 10.1 Å². The van der Waals surface area contributed by atoms with Gasteiger partial charge in [-0.25, -0.2) is 0 Å². The summed E-state index contributed by atoms with van der Waals surface area (Å²) in [5.74, 6) is 0. The minimum Gasteiger partial charge on any atom is -0.258 e. The highest BCUT2D eigenvalue weighted by atomic mass is 79.9. The first-order chi connectivity index (χ1) is 8.56. The van der Waals surface area contributed by atoms with E-state index in [0.717, 1.165) is 14.3 Å². The second-order valence-corrected chi connectivity index (χ2v) is 5.84. The van der Waals surface area contributed by atoms with Crippen molar-refractivity contribution in [3.8, 4) is 0 Å². The van der Waals surface area contributed by atoms with Gasteiger partial charge in [-0.1, -0.05) is 23.4 Å². The second kappa shape index (κ2) is 5.73. The first kappa shape index (κ1) is 13.4. The van der Waals surface area contributed by atoms with E-state index in [9.17, 15) is 10.1 Å². The predicted molar refractivity (Wildman–Crippen MR) is 76.4 cm³/mol. The lowest BCUT2D eigenvalue weighted by Gasteiger charge is -2.03. The van der Waals surface area contributed by atoms with Crippen LogP contribution < -0.4 is 0 Å². The molecule has 0 saturated carbocycles. The van der Waals surface area contributed by atoms with Gasteiger partial charge in [0.15, 0.2) is 0 Å². The molecule has 0 atom stereocenters. The third-order valence-corrected chi connectivity index (χ3v) is 4.39. The molecule has 0 aromatic heterocycles. The Hall–Kier alpha value is -1.04. The van der Waals surface area contributed by atoms with Crippen molar-refractivity contribution in [1.29, 1.82) is 0 Å². The van der Waals surface area contributed by atoms with Crippen LogP contribution in [0, 0.1) is 10.1 Å². The van der Waals surface area contributed by atoms with Gasteiger partial charge in [-0.15, -0.1) is 0 Å². The van der Waals surface area contributed by atoms with Crippen molar-refractivity contribution in [2.75, 3.05) is 0 Å². The summed E-state index contributed by atoms with van der Waals surface area (Å²) >= 11 is 10.8. The van der Waals surface area contributed by atoms with E-state index in [1.165, 1.54) is 23.9 Å². The minimum atomic E-state index is -0.409. The number of rotatable bonds is 3. The van der Waals surface area contributed by atoms with Crippen molar-refractivity contribution >= 4 is 45.0 Å². The molecule has 0 bridgehead atoms. The number of hydrogen-bond donors (Lipinski definition) is 0. The Morgan fingerprint density at radius 1 is 1.11 bits per heavy atom. The van der Waals surface area contributed by atoms with Gasteiger partial charge in [0.25, 0.3) is 5.69 Å². The third kappa shape index (κ3) is 3.25. The average Bonchev–Trinajstić information content (AvgIpc) is 2.34. The summed E-state index contributed by atoms with van der Waals surface area (Å²) in [4.78, 5) is 12.1. The SMILES string of the molecule is O=[N+]([O-])c1ccc(Sc2ccc(Cl)c(Br)c2)cc1. The van der Waals surface area contributed by atoms with Gasteiger partial charge in [0.05, 0.1) is 9.95 Å². The van der Waals surface area contributed by atoms with E-state index in [1.54, 1.807) is 18.2 Å². The Labute approximate surface area is 121 Å². The third-order valence-electron chi connectivity index (χ3n) is 2.17. The number of nitrogens with zero attached hydrogens (tertiary/aromatic N) is 1. The Kier molecular flexibility index (Phi) is 4.27. The van der Waals surface area contributed by atoms with E-state index in [1.807, 2.05) is 12.1 Å². The Morgan fingerprint density at radius 2 is 1.72 bits per heavy atom. The molecule has 0 N–H and O–H groups in total. The number of benzene rings is 2. The summed E-state index contributed by atoms with van der Waals surface area (Å²) in [6.45, 7) is 0. The van der Waals surface area contributed by atoms with Crippen LogP contribution in [0.2, 0.25) is 5.02 Å². The molecule has 0 radical (unpaired) electrons. The fourth-order valence-electron chi connectivity index (χ4n) is 1.31. The van der Waals surface area contributed by atoms with Crippen molar-refractivity contribution in [3.63, 3.8) is 0 Å². The highest BCUT2D eigenvalue weighted by molar-refractivity contribution is 9.10. The molecule has 0 amide bonds. The molecule has 3 nitrogen and oxygen atoms in total. The Morgan fingerprint density at radius 3 is 2.28 bits per heavy atom. The monoisotopic (exact) mass is 343 g/mol. The van der Waals surface area contributed by atoms with Crippen LogP contribution in [0.3, 0.4) is 0 Å². The van der Waals surface area contributed by atoms with Crippen molar-refractivity contribution in [2.45, 2.75) is 9.79 Å². The van der Waals surface area contributed by atoms with E-state index < -0.39 is 4.92 Å². The quantitative estimate of drug-likeness (QED) is 0.570. The topological polar surface area (TPSA) is 43.1 Å². The van der Waals surface area contributed by atoms with Gasteiger partial charge in [-0.05, 0) is 46.3 Å². The van der Waals surface area contributed by atoms with Gasteiger partial charge in [-0.2, -0.15) is 0 Å². The normalized spacial score (nSPS) is 10.3. The second-order valence-electron chi connectivity index (χ2n) is 3.43. The molecule has 2 aromatic rings. The Bertz CT molecular complexity index is 589. The van der Waals surface area contributed by atoms with Crippen LogP contribution in [0.15, 0.2) is 56.7 Å². The maximum absolute atomic E-state index is 10.5. The summed E-state index contributed by atoms with van der Waals surface area (Å²) in [7, 11) is 0. The van der Waals surface area contributed by atoms with Crippen molar-refractivity contribution in [2.24, 2.45) is 0 Å². The molecule has 0 unspecified atom stereocenters. The van der Waals surface area contributed by atoms with E-state index >= 15 is 0 Å². The number of nitro groups is 1. The smallest absolute Gasteiger partial charge is 0.258 e. The van der Waals surface area contributed by atoms with Crippen LogP contribution in [0.4, 0.5) is 5.69 Å². The summed E-state index contributed by atoms with van der Waals surface area (Å²) in [5.41, 5.74) is 0.0941. The summed E-state index contributed by atoms with van der Waals surface area (Å²) in [5, 5.41) is 11.2. The maximum Gasteiger partial charge on any atom is 0.269 e. The molecule has 0 aliphatic carbocycles. The fourth-order valence-corrected chi connectivity index (χ4v) is 2.82. The highest BCUT2D eigenvalue weighted by Gasteiger charge is 2.05. The van der Waals surface area contributed by atoms with E-state index in [4.69, 9.17) is 11.6 Å². The molecule has 0 aliphatic heterocycles. The van der Waals surface area contributed by atoms with E-state index in [2.05, 4.69) is 15.9 Å². The van der Waals surface area contributed by atoms with E-state index in [-0.39, 0.29) is 5.69 Å². The van der Waals surface area contributed by atoms with Gasteiger partial charge in [0.1, 0.15) is 0 Å². The first-order valence-electron chi connectivity index (χ1n) is 4.93. The van der Waals surface area contributed by atoms with Gasteiger partial charge in [0, 0.05) is 26.4 Å². The standard InChI is InChI=1S/C12H7BrClNO2S/c13-11-7-10(5-6-12(11)14)18-9-3-1-8(2-4-9)15(16)17/h1-7H. The summed E-state index contributed by atoms with van der Waals surface area (Å²) < 4.78 is 0.830. The van der Waals surface area contributed by atoms with Crippen LogP contribution >= 0.6 is 39.3 Å². The molecule has 0 fully saturated rings. The average molecular weight is 345 g/mol. The number of non-ortho nitro benzene ring substituents is 1. The van der Waals surface area contributed by atoms with Crippen LogP contribution in [-0.4, -0.2) is 4.92 Å². The molecule has 0 spiro atoms. The van der Waals surface area contributed by atoms with Crippen molar-refractivity contribution in [3.05, 3.63) is 62.1 Å². The lowest BCUT2D eigenvalue weighted by Crippen LogP contribution is -1.86. The first-order valence-corrected chi connectivity index (χ1v) is 6.92. The Balaban J connectivity index is 2.18. The molecular weight excluding hydrogens is 338 g/mol. The minimum absolute atomic E-state index is 0.0941. The lowest BCUT2D eigenvalue weighted by molar-refractivity contribution is -0.384. The molecule has 2 aromatic carbocycles. The zero-order chi connectivity index (χ0) is 13.1. The van der Waals surface area contributed by atoms with E-state index in [0.29, 0.717) is 5.02 Å². The maximum atomic E-state index is 10.5. The van der Waals surface area contributed by atoms with Crippen LogP contribution in [0.5, 0.6) is 0 Å². The van der Waals surface area contributed by atoms with Gasteiger partial charge in [0.2, 0.25) is 0 Å². The van der Waals surface area contributed by atoms with Gasteiger partial charge < -0.3 is 0 Å². The molecule has 92 valence electrons. The zero-order valence-corrected chi connectivity index (χ0v) is 12.1. The van der Waals surface area contributed by atoms with Gasteiger partial charge >= 0.3 is 0 Å². The highest BCUT2D eigenvalue weighted by Crippen LogP contribution is 2.33. The molecule has 0 aliphatic rings. The zero-order valence-electron chi connectivity index (χ0n) is 8.97. The summed E-state index contributed by atoms with van der Waals surface area (Å²) in [6, 6.07) is 12.1.